The van der Waals surface area contributed by atoms with Gasteiger partial charge in [0, 0.05) is 70.2 Å². The van der Waals surface area contributed by atoms with Crippen LogP contribution in [0.2, 0.25) is 0 Å². The van der Waals surface area contributed by atoms with Crippen molar-refractivity contribution in [2.45, 2.75) is 52.4 Å². The summed E-state index contributed by atoms with van der Waals surface area (Å²) in [5.74, 6) is 0. The van der Waals surface area contributed by atoms with E-state index in [1.54, 1.807) is 0 Å². The molecule has 8 aromatic carbocycles. The number of thiophene rings is 1. The van der Waals surface area contributed by atoms with Crippen LogP contribution in [0.3, 0.4) is 0 Å². The number of hydrogen-bond acceptors (Lipinski definition) is 2. The lowest BCUT2D eigenvalue weighted by atomic mass is 9.44. The van der Waals surface area contributed by atoms with Gasteiger partial charge >= 0.3 is 6.85 Å². The van der Waals surface area contributed by atoms with Crippen molar-refractivity contribution in [3.05, 3.63) is 175 Å². The second-order valence-electron chi connectivity index (χ2n) is 19.0. The molecular formula is C56H45BN2S. The van der Waals surface area contributed by atoms with E-state index in [0.717, 1.165) is 5.69 Å². The van der Waals surface area contributed by atoms with Crippen LogP contribution < -0.4 is 15.8 Å². The van der Waals surface area contributed by atoms with Gasteiger partial charge < -0.3 is 9.38 Å². The third-order valence-electron chi connectivity index (χ3n) is 13.3. The number of anilines is 3. The smallest absolute Gasteiger partial charge is 0.333 e. The Kier molecular flexibility index (Phi) is 7.46. The third-order valence-corrected chi connectivity index (χ3v) is 14.5. The number of hydrogen-bond donors (Lipinski definition) is 0. The monoisotopic (exact) mass is 788 g/mol. The van der Waals surface area contributed by atoms with Crippen LogP contribution in [-0.4, -0.2) is 11.3 Å². The average Bonchev–Trinajstić information content (AvgIpc) is 3.80. The fourth-order valence-electron chi connectivity index (χ4n) is 10.2. The van der Waals surface area contributed by atoms with Gasteiger partial charge in [0.15, 0.2) is 0 Å². The first kappa shape index (κ1) is 35.6. The van der Waals surface area contributed by atoms with Crippen molar-refractivity contribution in [2.24, 2.45) is 0 Å². The fourth-order valence-corrected chi connectivity index (χ4v) is 11.4. The van der Waals surface area contributed by atoms with E-state index in [0.29, 0.717) is 0 Å². The highest BCUT2D eigenvalue weighted by Crippen LogP contribution is 2.52. The van der Waals surface area contributed by atoms with E-state index < -0.39 is 0 Å². The predicted octanol–water partition coefficient (Wildman–Crippen LogP) is 14.5. The van der Waals surface area contributed by atoms with Crippen molar-refractivity contribution in [1.29, 1.82) is 0 Å². The van der Waals surface area contributed by atoms with Crippen LogP contribution in [-0.2, 0) is 10.8 Å². The van der Waals surface area contributed by atoms with Gasteiger partial charge in [-0.2, -0.15) is 0 Å². The van der Waals surface area contributed by atoms with Crippen LogP contribution in [0.5, 0.6) is 0 Å². The molecule has 288 valence electrons. The van der Waals surface area contributed by atoms with Crippen LogP contribution in [0.1, 0.15) is 52.7 Å². The predicted molar refractivity (Wildman–Crippen MR) is 261 cm³/mol. The van der Waals surface area contributed by atoms with E-state index in [4.69, 9.17) is 0 Å². The molecule has 0 fully saturated rings. The van der Waals surface area contributed by atoms with Crippen LogP contribution in [0, 0.1) is 0 Å². The molecule has 0 saturated heterocycles. The molecule has 0 aliphatic carbocycles. The first-order valence-electron chi connectivity index (χ1n) is 21.3. The van der Waals surface area contributed by atoms with Crippen molar-refractivity contribution >= 4 is 88.2 Å². The van der Waals surface area contributed by atoms with E-state index in [-0.39, 0.29) is 17.7 Å². The van der Waals surface area contributed by atoms with Gasteiger partial charge in [-0.1, -0.05) is 151 Å². The fraction of sp³-hybridized carbons (Fsp3) is 0.143. The molecule has 2 aliphatic rings. The number of benzene rings is 8. The molecule has 0 amide bonds. The summed E-state index contributed by atoms with van der Waals surface area (Å²) in [5.41, 5.74) is 19.3. The Balaban J connectivity index is 1.26. The van der Waals surface area contributed by atoms with E-state index in [2.05, 4.69) is 215 Å². The summed E-state index contributed by atoms with van der Waals surface area (Å²) in [6, 6.07) is 62.0. The van der Waals surface area contributed by atoms with Gasteiger partial charge in [-0.25, -0.2) is 0 Å². The van der Waals surface area contributed by atoms with Crippen LogP contribution in [0.25, 0.3) is 75.4 Å². The summed E-state index contributed by atoms with van der Waals surface area (Å²) < 4.78 is 5.43. The molecule has 2 aliphatic heterocycles. The zero-order valence-corrected chi connectivity index (χ0v) is 35.8. The summed E-state index contributed by atoms with van der Waals surface area (Å²) in [6.07, 6.45) is 0. The SMILES string of the molecule is CC(C)(C)c1ccc2c(c1)c1cc(C(C)(C)C)cc3c1n2B1c2cc(-c4ccccc4)ccc2N(c2ccc(-c4ccccc4)cc2)c2cc4c(sc5ccccc54)c-3c21. The molecular weight excluding hydrogens is 744 g/mol. The van der Waals surface area contributed by atoms with Gasteiger partial charge in [0.25, 0.3) is 0 Å². The van der Waals surface area contributed by atoms with Gasteiger partial charge in [0.05, 0.1) is 0 Å². The summed E-state index contributed by atoms with van der Waals surface area (Å²) in [6.45, 7) is 14.1. The first-order valence-corrected chi connectivity index (χ1v) is 22.1. The quantitative estimate of drug-likeness (QED) is 0.162. The zero-order valence-electron chi connectivity index (χ0n) is 35.0. The lowest BCUT2D eigenvalue weighted by molar-refractivity contribution is 0.590. The number of nitrogens with zero attached hydrogens (tertiary/aromatic N) is 2. The Labute approximate surface area is 356 Å². The van der Waals surface area contributed by atoms with Crippen LogP contribution in [0.4, 0.5) is 17.1 Å². The van der Waals surface area contributed by atoms with Gasteiger partial charge in [-0.15, -0.1) is 11.3 Å². The Morgan fingerprint density at radius 1 is 0.483 bits per heavy atom. The molecule has 4 heteroatoms. The highest BCUT2D eigenvalue weighted by molar-refractivity contribution is 7.26. The Morgan fingerprint density at radius 3 is 1.83 bits per heavy atom. The number of fused-ring (bicyclic) bond motifs is 11. The number of rotatable bonds is 3. The van der Waals surface area contributed by atoms with Crippen LogP contribution >= 0.6 is 11.3 Å². The molecule has 12 rings (SSSR count). The van der Waals surface area contributed by atoms with Crippen molar-refractivity contribution in [2.75, 3.05) is 4.90 Å². The van der Waals surface area contributed by atoms with Gasteiger partial charge in [0.2, 0.25) is 0 Å². The Hall–Kier alpha value is -6.36. The van der Waals surface area contributed by atoms with E-state index in [1.807, 2.05) is 11.3 Å². The maximum absolute atomic E-state index is 2.73. The molecule has 2 aromatic heterocycles. The summed E-state index contributed by atoms with van der Waals surface area (Å²) in [4.78, 5) is 2.57. The molecule has 0 N–H and O–H groups in total. The van der Waals surface area contributed by atoms with Gasteiger partial charge in [0.1, 0.15) is 0 Å². The minimum Gasteiger partial charge on any atom is -0.375 e. The maximum Gasteiger partial charge on any atom is 0.333 e. The van der Waals surface area contributed by atoms with Crippen molar-refractivity contribution < 1.29 is 0 Å². The van der Waals surface area contributed by atoms with Gasteiger partial charge in [-0.05, 0) is 110 Å². The highest BCUT2D eigenvalue weighted by atomic mass is 32.1. The van der Waals surface area contributed by atoms with Gasteiger partial charge in [-0.3, -0.25) is 0 Å². The van der Waals surface area contributed by atoms with E-state index >= 15 is 0 Å². The van der Waals surface area contributed by atoms with Crippen molar-refractivity contribution in [3.63, 3.8) is 0 Å². The molecule has 0 spiro atoms. The highest BCUT2D eigenvalue weighted by Gasteiger charge is 2.44. The summed E-state index contributed by atoms with van der Waals surface area (Å²) in [7, 11) is 0. The Bertz CT molecular complexity index is 3380. The summed E-state index contributed by atoms with van der Waals surface area (Å²) in [5, 5.41) is 5.34. The molecule has 0 unspecified atom stereocenters. The Morgan fingerprint density at radius 2 is 1.12 bits per heavy atom. The minimum atomic E-state index is -0.0462. The molecule has 0 saturated carbocycles. The van der Waals surface area contributed by atoms with Crippen molar-refractivity contribution in [3.8, 4) is 33.4 Å². The largest absolute Gasteiger partial charge is 0.375 e. The van der Waals surface area contributed by atoms with Crippen LogP contribution in [0.15, 0.2) is 164 Å². The lowest BCUT2D eigenvalue weighted by Gasteiger charge is -2.41. The second kappa shape index (κ2) is 12.6. The van der Waals surface area contributed by atoms with Crippen molar-refractivity contribution in [1.82, 2.24) is 4.48 Å². The zero-order chi connectivity index (χ0) is 40.7. The number of aromatic nitrogens is 1. The summed E-state index contributed by atoms with van der Waals surface area (Å²) >= 11 is 1.96. The molecule has 0 radical (unpaired) electrons. The first-order chi connectivity index (χ1) is 29.0. The standard InChI is InChI=1S/C56H45BN2S/c1-55(2,3)38-24-28-47-42(30-38)43-31-39(56(4,5)6)32-45-51-52-49(33-44-41-19-13-14-20-50(41)60-54(44)51)58(40-25-21-36(22-26-40)34-15-9-7-10-16-34)48-27-23-37(35-17-11-8-12-18-35)29-46(48)57(52)59(47)53(43)45/h7-33H,1-6H3. The second-order valence-corrected chi connectivity index (χ2v) is 20.0. The van der Waals surface area contributed by atoms with E-state index in [9.17, 15) is 0 Å². The third kappa shape index (κ3) is 5.13. The lowest BCUT2D eigenvalue weighted by Crippen LogP contribution is -2.56. The topological polar surface area (TPSA) is 8.17 Å². The minimum absolute atomic E-state index is 0.0191. The molecule has 10 aromatic rings. The molecule has 0 atom stereocenters. The maximum atomic E-state index is 2.73. The molecule has 0 bridgehead atoms. The normalized spacial score (nSPS) is 13.4. The van der Waals surface area contributed by atoms with E-state index in [1.165, 1.54) is 109 Å². The average molecular weight is 789 g/mol. The molecule has 2 nitrogen and oxygen atoms in total. The molecule has 4 heterocycles. The molecule has 60 heavy (non-hydrogen) atoms.